The molecule has 9 nitrogen and oxygen atoms in total. The van der Waals surface area contributed by atoms with Crippen LogP contribution in [0.2, 0.25) is 0 Å². The van der Waals surface area contributed by atoms with Gasteiger partial charge in [-0.25, -0.2) is 22.9 Å². The number of hydrogen-bond acceptors (Lipinski definition) is 8. The minimum absolute atomic E-state index is 0.0712. The second-order valence-electron chi connectivity index (χ2n) is 4.86. The number of rotatable bonds is 6. The van der Waals surface area contributed by atoms with Crippen molar-refractivity contribution in [1.82, 2.24) is 9.71 Å². The SMILES string of the molecule is COC(=O)c1ccccc1S(=O)(=O)NC(=O)c1cc(OC)cc(OC)n1. The third-order valence-corrected chi connectivity index (χ3v) is 4.65. The van der Waals surface area contributed by atoms with Gasteiger partial charge in [-0.2, -0.15) is 0 Å². The van der Waals surface area contributed by atoms with Crippen LogP contribution >= 0.6 is 0 Å². The van der Waals surface area contributed by atoms with Gasteiger partial charge < -0.3 is 14.2 Å². The molecule has 0 radical (unpaired) electrons. The molecule has 1 aromatic carbocycles. The van der Waals surface area contributed by atoms with Crippen molar-refractivity contribution in [3.8, 4) is 11.6 Å². The molecule has 0 fully saturated rings. The van der Waals surface area contributed by atoms with Crippen molar-refractivity contribution in [3.05, 3.63) is 47.7 Å². The molecule has 0 saturated carbocycles. The summed E-state index contributed by atoms with van der Waals surface area (Å²) in [6, 6.07) is 8.02. The Hall–Kier alpha value is -3.14. The van der Waals surface area contributed by atoms with Crippen molar-refractivity contribution in [2.75, 3.05) is 21.3 Å². The van der Waals surface area contributed by atoms with Crippen molar-refractivity contribution in [3.63, 3.8) is 0 Å². The monoisotopic (exact) mass is 380 g/mol. The zero-order chi connectivity index (χ0) is 19.3. The Balaban J connectivity index is 2.39. The second-order valence-corrected chi connectivity index (χ2v) is 6.51. The Morgan fingerprint density at radius 2 is 1.73 bits per heavy atom. The topological polar surface area (TPSA) is 121 Å². The number of benzene rings is 1. The summed E-state index contributed by atoms with van der Waals surface area (Å²) < 4.78 is 41.5. The lowest BCUT2D eigenvalue weighted by Crippen LogP contribution is -2.32. The van der Waals surface area contributed by atoms with Crippen molar-refractivity contribution in [1.29, 1.82) is 0 Å². The Bertz CT molecular complexity index is 919. The van der Waals surface area contributed by atoms with Gasteiger partial charge in [-0.15, -0.1) is 0 Å². The molecule has 0 spiro atoms. The number of ether oxygens (including phenoxy) is 3. The fourth-order valence-corrected chi connectivity index (χ4v) is 3.19. The number of nitrogens with zero attached hydrogens (tertiary/aromatic N) is 1. The predicted octanol–water partition coefficient (Wildman–Crippen LogP) is 1.00. The number of amides is 1. The lowest BCUT2D eigenvalue weighted by Gasteiger charge is -2.11. The zero-order valence-corrected chi connectivity index (χ0v) is 15.0. The minimum atomic E-state index is -4.35. The van der Waals surface area contributed by atoms with Crippen LogP contribution in [0.15, 0.2) is 41.3 Å². The van der Waals surface area contributed by atoms with Gasteiger partial charge in [0.2, 0.25) is 5.88 Å². The first-order chi connectivity index (χ1) is 12.3. The lowest BCUT2D eigenvalue weighted by molar-refractivity contribution is 0.0596. The quantitative estimate of drug-likeness (QED) is 0.737. The number of nitrogens with one attached hydrogen (secondary N) is 1. The average Bonchev–Trinajstić information content (AvgIpc) is 2.66. The molecule has 0 aliphatic heterocycles. The number of hydrogen-bond donors (Lipinski definition) is 1. The maximum Gasteiger partial charge on any atom is 0.339 e. The first-order valence-electron chi connectivity index (χ1n) is 7.17. The molecular weight excluding hydrogens is 364 g/mol. The molecule has 0 saturated heterocycles. The first kappa shape index (κ1) is 19.2. The van der Waals surface area contributed by atoms with Crippen LogP contribution in [0.4, 0.5) is 0 Å². The van der Waals surface area contributed by atoms with Crippen LogP contribution in [0, 0.1) is 0 Å². The van der Waals surface area contributed by atoms with E-state index in [4.69, 9.17) is 9.47 Å². The van der Waals surface area contributed by atoms with Crippen LogP contribution in [0.5, 0.6) is 11.6 Å². The molecule has 2 aromatic rings. The van der Waals surface area contributed by atoms with Gasteiger partial charge >= 0.3 is 5.97 Å². The summed E-state index contributed by atoms with van der Waals surface area (Å²) in [6.07, 6.45) is 0. The Labute approximate surface area is 150 Å². The molecule has 0 aliphatic carbocycles. The van der Waals surface area contributed by atoms with Crippen LogP contribution in [0.1, 0.15) is 20.8 Å². The number of sulfonamides is 1. The van der Waals surface area contributed by atoms with Crippen LogP contribution < -0.4 is 14.2 Å². The molecule has 138 valence electrons. The van der Waals surface area contributed by atoms with E-state index in [1.165, 1.54) is 50.6 Å². The van der Waals surface area contributed by atoms with Crippen molar-refractivity contribution in [2.24, 2.45) is 0 Å². The molecule has 2 rings (SSSR count). The summed E-state index contributed by atoms with van der Waals surface area (Å²) in [4.78, 5) is 27.6. The molecule has 0 aliphatic rings. The van der Waals surface area contributed by atoms with E-state index < -0.39 is 26.8 Å². The van der Waals surface area contributed by atoms with Crippen molar-refractivity contribution >= 4 is 21.9 Å². The Kier molecular flexibility index (Phi) is 5.78. The van der Waals surface area contributed by atoms with E-state index in [-0.39, 0.29) is 22.9 Å². The van der Waals surface area contributed by atoms with E-state index in [1.54, 1.807) is 0 Å². The number of methoxy groups -OCH3 is 3. The van der Waals surface area contributed by atoms with Crippen LogP contribution in [-0.2, 0) is 14.8 Å². The van der Waals surface area contributed by atoms with E-state index in [0.717, 1.165) is 7.11 Å². The van der Waals surface area contributed by atoms with Gasteiger partial charge in [-0.1, -0.05) is 12.1 Å². The smallest absolute Gasteiger partial charge is 0.339 e. The number of carbonyl (C=O) groups excluding carboxylic acids is 2. The van der Waals surface area contributed by atoms with E-state index in [2.05, 4.69) is 9.72 Å². The summed E-state index contributed by atoms with van der Waals surface area (Å²) in [5.41, 5.74) is -0.438. The summed E-state index contributed by atoms with van der Waals surface area (Å²) in [5.74, 6) is -1.53. The van der Waals surface area contributed by atoms with Crippen LogP contribution in [0.3, 0.4) is 0 Å². The fraction of sp³-hybridized carbons (Fsp3) is 0.188. The molecule has 26 heavy (non-hydrogen) atoms. The number of carbonyl (C=O) groups is 2. The highest BCUT2D eigenvalue weighted by molar-refractivity contribution is 7.90. The second kappa shape index (κ2) is 7.83. The zero-order valence-electron chi connectivity index (χ0n) is 14.2. The van der Waals surface area contributed by atoms with Crippen LogP contribution in [0.25, 0.3) is 0 Å². The highest BCUT2D eigenvalue weighted by Crippen LogP contribution is 2.20. The molecular formula is C16H16N2O7S. The molecule has 1 N–H and O–H groups in total. The van der Waals surface area contributed by atoms with Gasteiger partial charge in [-0.3, -0.25) is 4.79 Å². The van der Waals surface area contributed by atoms with Gasteiger partial charge in [0, 0.05) is 12.1 Å². The number of aromatic nitrogens is 1. The standard InChI is InChI=1S/C16H16N2O7S/c1-23-10-8-12(17-14(9-10)24-2)15(19)18-26(21,22)13-7-5-4-6-11(13)16(20)25-3/h4-9H,1-3H3,(H,18,19). The van der Waals surface area contributed by atoms with E-state index in [0.29, 0.717) is 0 Å². The van der Waals surface area contributed by atoms with E-state index in [1.807, 2.05) is 4.72 Å². The first-order valence-corrected chi connectivity index (χ1v) is 8.65. The molecule has 1 heterocycles. The fourth-order valence-electron chi connectivity index (χ4n) is 2.03. The summed E-state index contributed by atoms with van der Waals surface area (Å²) in [7, 11) is -0.518. The highest BCUT2D eigenvalue weighted by Gasteiger charge is 2.26. The molecule has 0 atom stereocenters. The molecule has 10 heteroatoms. The van der Waals surface area contributed by atoms with Crippen molar-refractivity contribution in [2.45, 2.75) is 4.90 Å². The number of pyridine rings is 1. The summed E-state index contributed by atoms with van der Waals surface area (Å²) in [5, 5.41) is 0. The molecule has 0 unspecified atom stereocenters. The van der Waals surface area contributed by atoms with Gasteiger partial charge in [0.25, 0.3) is 15.9 Å². The summed E-state index contributed by atoms with van der Waals surface area (Å²) >= 11 is 0. The lowest BCUT2D eigenvalue weighted by atomic mass is 10.2. The Morgan fingerprint density at radius 1 is 1.04 bits per heavy atom. The number of esters is 1. The third-order valence-electron chi connectivity index (χ3n) is 3.26. The molecule has 1 amide bonds. The maximum atomic E-state index is 12.5. The highest BCUT2D eigenvalue weighted by atomic mass is 32.2. The van der Waals surface area contributed by atoms with Crippen molar-refractivity contribution < 1.29 is 32.2 Å². The normalized spacial score (nSPS) is 10.7. The average molecular weight is 380 g/mol. The van der Waals surface area contributed by atoms with Gasteiger partial charge in [0.05, 0.1) is 26.9 Å². The molecule has 1 aromatic heterocycles. The minimum Gasteiger partial charge on any atom is -0.496 e. The van der Waals surface area contributed by atoms with E-state index >= 15 is 0 Å². The van der Waals surface area contributed by atoms with Gasteiger partial charge in [0.15, 0.2) is 0 Å². The third kappa shape index (κ3) is 4.09. The maximum absolute atomic E-state index is 12.5. The van der Waals surface area contributed by atoms with E-state index in [9.17, 15) is 18.0 Å². The molecule has 0 bridgehead atoms. The van der Waals surface area contributed by atoms with Gasteiger partial charge in [-0.05, 0) is 12.1 Å². The summed E-state index contributed by atoms with van der Waals surface area (Å²) in [6.45, 7) is 0. The van der Waals surface area contributed by atoms with Gasteiger partial charge in [0.1, 0.15) is 16.3 Å². The largest absolute Gasteiger partial charge is 0.496 e. The van der Waals surface area contributed by atoms with Crippen LogP contribution in [-0.4, -0.2) is 46.6 Å². The Morgan fingerprint density at radius 3 is 2.35 bits per heavy atom. The predicted molar refractivity (Wildman–Crippen MR) is 89.8 cm³/mol.